The third-order valence-electron chi connectivity index (χ3n) is 3.94. The Morgan fingerprint density at radius 1 is 1.45 bits per heavy atom. The number of aromatic nitrogens is 1. The minimum absolute atomic E-state index is 0.0642. The van der Waals surface area contributed by atoms with Gasteiger partial charge >= 0.3 is 0 Å². The SMILES string of the molecule is CCCCNC(=O)c1cc(N2CCC(C)CC2)ccn1. The number of nitrogens with one attached hydrogen (secondary N) is 1. The molecule has 1 aliphatic rings. The second-order valence-corrected chi connectivity index (χ2v) is 5.68. The van der Waals surface area contributed by atoms with Crippen LogP contribution in [0.25, 0.3) is 0 Å². The fourth-order valence-corrected chi connectivity index (χ4v) is 2.48. The molecule has 1 saturated heterocycles. The molecule has 0 aliphatic carbocycles. The quantitative estimate of drug-likeness (QED) is 0.840. The lowest BCUT2D eigenvalue weighted by atomic mass is 9.99. The van der Waals surface area contributed by atoms with Crippen molar-refractivity contribution >= 4 is 11.6 Å². The van der Waals surface area contributed by atoms with Gasteiger partial charge in [-0.1, -0.05) is 20.3 Å². The minimum Gasteiger partial charge on any atom is -0.371 e. The van der Waals surface area contributed by atoms with E-state index in [1.165, 1.54) is 12.8 Å². The van der Waals surface area contributed by atoms with E-state index >= 15 is 0 Å². The Labute approximate surface area is 121 Å². The highest BCUT2D eigenvalue weighted by atomic mass is 16.1. The average Bonchev–Trinajstić information content (AvgIpc) is 2.48. The number of nitrogens with zero attached hydrogens (tertiary/aromatic N) is 2. The first-order chi connectivity index (χ1) is 9.70. The van der Waals surface area contributed by atoms with Gasteiger partial charge < -0.3 is 10.2 Å². The number of anilines is 1. The first-order valence-corrected chi connectivity index (χ1v) is 7.70. The van der Waals surface area contributed by atoms with Crippen molar-refractivity contribution in [3.8, 4) is 0 Å². The molecule has 0 aromatic carbocycles. The summed E-state index contributed by atoms with van der Waals surface area (Å²) in [5, 5.41) is 2.92. The summed E-state index contributed by atoms with van der Waals surface area (Å²) in [5.41, 5.74) is 1.64. The molecule has 4 heteroatoms. The summed E-state index contributed by atoms with van der Waals surface area (Å²) in [4.78, 5) is 18.6. The van der Waals surface area contributed by atoms with E-state index < -0.39 is 0 Å². The molecule has 0 radical (unpaired) electrons. The molecule has 0 bridgehead atoms. The minimum atomic E-state index is -0.0642. The first-order valence-electron chi connectivity index (χ1n) is 7.70. The van der Waals surface area contributed by atoms with Crippen LogP contribution < -0.4 is 10.2 Å². The zero-order valence-corrected chi connectivity index (χ0v) is 12.6. The fraction of sp³-hybridized carbons (Fsp3) is 0.625. The Kier molecular flexibility index (Phi) is 5.39. The van der Waals surface area contributed by atoms with Gasteiger partial charge in [0.1, 0.15) is 5.69 Å². The number of hydrogen-bond donors (Lipinski definition) is 1. The second kappa shape index (κ2) is 7.27. The normalized spacial score (nSPS) is 16.2. The molecule has 0 saturated carbocycles. The third kappa shape index (κ3) is 3.95. The maximum Gasteiger partial charge on any atom is 0.269 e. The molecule has 1 aromatic rings. The molecule has 1 fully saturated rings. The van der Waals surface area contributed by atoms with Crippen molar-refractivity contribution in [1.82, 2.24) is 10.3 Å². The molecule has 110 valence electrons. The molecule has 1 aliphatic heterocycles. The maximum atomic E-state index is 12.0. The van der Waals surface area contributed by atoms with E-state index in [1.54, 1.807) is 6.20 Å². The van der Waals surface area contributed by atoms with Crippen molar-refractivity contribution in [1.29, 1.82) is 0 Å². The summed E-state index contributed by atoms with van der Waals surface area (Å²) >= 11 is 0. The van der Waals surface area contributed by atoms with Crippen molar-refractivity contribution in [2.24, 2.45) is 5.92 Å². The van der Waals surface area contributed by atoms with Crippen LogP contribution in [0.15, 0.2) is 18.3 Å². The van der Waals surface area contributed by atoms with Gasteiger partial charge in [-0.05, 0) is 37.3 Å². The second-order valence-electron chi connectivity index (χ2n) is 5.68. The lowest BCUT2D eigenvalue weighted by molar-refractivity contribution is 0.0948. The van der Waals surface area contributed by atoms with Crippen LogP contribution in [-0.2, 0) is 0 Å². The number of pyridine rings is 1. The fourth-order valence-electron chi connectivity index (χ4n) is 2.48. The Balaban J connectivity index is 1.98. The van der Waals surface area contributed by atoms with E-state index in [0.717, 1.165) is 44.1 Å². The van der Waals surface area contributed by atoms with Crippen LogP contribution in [0.1, 0.15) is 50.0 Å². The Bertz CT molecular complexity index is 439. The number of rotatable bonds is 5. The van der Waals surface area contributed by atoms with Crippen molar-refractivity contribution in [2.75, 3.05) is 24.5 Å². The van der Waals surface area contributed by atoms with E-state index in [0.29, 0.717) is 5.69 Å². The predicted molar refractivity (Wildman–Crippen MR) is 82.1 cm³/mol. The van der Waals surface area contributed by atoms with Crippen molar-refractivity contribution < 1.29 is 4.79 Å². The maximum absolute atomic E-state index is 12.0. The van der Waals surface area contributed by atoms with E-state index in [2.05, 4.69) is 29.0 Å². The van der Waals surface area contributed by atoms with Crippen molar-refractivity contribution in [2.45, 2.75) is 39.5 Å². The van der Waals surface area contributed by atoms with E-state index in [1.807, 2.05) is 12.1 Å². The zero-order valence-electron chi connectivity index (χ0n) is 12.6. The van der Waals surface area contributed by atoms with E-state index in [4.69, 9.17) is 0 Å². The predicted octanol–water partition coefficient (Wildman–Crippen LogP) is 2.85. The summed E-state index contributed by atoms with van der Waals surface area (Å²) in [6.45, 7) is 7.28. The molecule has 1 amide bonds. The van der Waals surface area contributed by atoms with Crippen molar-refractivity contribution in [3.63, 3.8) is 0 Å². The number of hydrogen-bond acceptors (Lipinski definition) is 3. The monoisotopic (exact) mass is 275 g/mol. The van der Waals surface area contributed by atoms with Crippen LogP contribution in [0, 0.1) is 5.92 Å². The molecule has 0 spiro atoms. The molecular formula is C16H25N3O. The van der Waals surface area contributed by atoms with Crippen LogP contribution in [-0.4, -0.2) is 30.5 Å². The smallest absolute Gasteiger partial charge is 0.269 e. The summed E-state index contributed by atoms with van der Waals surface area (Å²) in [6.07, 6.45) is 6.28. The lowest BCUT2D eigenvalue weighted by Crippen LogP contribution is -2.33. The number of unbranched alkanes of at least 4 members (excludes halogenated alkanes) is 1. The molecule has 1 aromatic heterocycles. The molecule has 0 atom stereocenters. The van der Waals surface area contributed by atoms with Gasteiger partial charge in [0, 0.05) is 31.5 Å². The van der Waals surface area contributed by atoms with Gasteiger partial charge in [0.25, 0.3) is 5.91 Å². The molecule has 4 nitrogen and oxygen atoms in total. The Hall–Kier alpha value is -1.58. The first kappa shape index (κ1) is 14.8. The van der Waals surface area contributed by atoms with E-state index in [-0.39, 0.29) is 5.91 Å². The lowest BCUT2D eigenvalue weighted by Gasteiger charge is -2.32. The number of carbonyl (C=O) groups is 1. The molecule has 2 heterocycles. The molecule has 1 N–H and O–H groups in total. The van der Waals surface area contributed by atoms with Gasteiger partial charge in [-0.3, -0.25) is 9.78 Å². The highest BCUT2D eigenvalue weighted by molar-refractivity contribution is 5.93. The van der Waals surface area contributed by atoms with Gasteiger partial charge in [0.15, 0.2) is 0 Å². The zero-order chi connectivity index (χ0) is 14.4. The van der Waals surface area contributed by atoms with Crippen LogP contribution >= 0.6 is 0 Å². The topological polar surface area (TPSA) is 45.2 Å². The van der Waals surface area contributed by atoms with Gasteiger partial charge in [-0.2, -0.15) is 0 Å². The summed E-state index contributed by atoms with van der Waals surface area (Å²) in [5.74, 6) is 0.746. The molecular weight excluding hydrogens is 250 g/mol. The molecule has 2 rings (SSSR count). The Morgan fingerprint density at radius 2 is 2.20 bits per heavy atom. The highest BCUT2D eigenvalue weighted by Crippen LogP contribution is 2.22. The largest absolute Gasteiger partial charge is 0.371 e. The van der Waals surface area contributed by atoms with E-state index in [9.17, 15) is 4.79 Å². The van der Waals surface area contributed by atoms with Crippen LogP contribution in [0.2, 0.25) is 0 Å². The van der Waals surface area contributed by atoms with Crippen molar-refractivity contribution in [3.05, 3.63) is 24.0 Å². The number of amides is 1. The van der Waals surface area contributed by atoms with Gasteiger partial charge in [-0.25, -0.2) is 0 Å². The van der Waals surface area contributed by atoms with Gasteiger partial charge in [-0.15, -0.1) is 0 Å². The van der Waals surface area contributed by atoms with Gasteiger partial charge in [0.05, 0.1) is 0 Å². The molecule has 0 unspecified atom stereocenters. The van der Waals surface area contributed by atoms with Crippen LogP contribution in [0.5, 0.6) is 0 Å². The standard InChI is InChI=1S/C16H25N3O/c1-3-4-8-18-16(20)15-12-14(5-9-17-15)19-10-6-13(2)7-11-19/h5,9,12-13H,3-4,6-8,10-11H2,1-2H3,(H,18,20). The van der Waals surface area contributed by atoms with Crippen LogP contribution in [0.4, 0.5) is 5.69 Å². The summed E-state index contributed by atoms with van der Waals surface area (Å²) in [7, 11) is 0. The Morgan fingerprint density at radius 3 is 2.90 bits per heavy atom. The summed E-state index contributed by atoms with van der Waals surface area (Å²) < 4.78 is 0. The number of carbonyl (C=O) groups excluding carboxylic acids is 1. The van der Waals surface area contributed by atoms with Gasteiger partial charge in [0.2, 0.25) is 0 Å². The average molecular weight is 275 g/mol. The molecule has 20 heavy (non-hydrogen) atoms. The summed E-state index contributed by atoms with van der Waals surface area (Å²) in [6, 6.07) is 3.91. The third-order valence-corrected chi connectivity index (χ3v) is 3.94. The number of piperidine rings is 1. The highest BCUT2D eigenvalue weighted by Gasteiger charge is 2.17. The van der Waals surface area contributed by atoms with Crippen LogP contribution in [0.3, 0.4) is 0 Å².